The van der Waals surface area contributed by atoms with Crippen LogP contribution >= 0.6 is 0 Å². The Morgan fingerprint density at radius 1 is 1.00 bits per heavy atom. The number of primary amides is 1. The van der Waals surface area contributed by atoms with Gasteiger partial charge in [-0.25, -0.2) is 4.39 Å². The van der Waals surface area contributed by atoms with Gasteiger partial charge < -0.3 is 25.3 Å². The van der Waals surface area contributed by atoms with Crippen molar-refractivity contribution in [1.29, 1.82) is 0 Å². The molecule has 35 heavy (non-hydrogen) atoms. The Morgan fingerprint density at radius 2 is 1.63 bits per heavy atom. The van der Waals surface area contributed by atoms with Crippen molar-refractivity contribution in [1.82, 2.24) is 4.98 Å². The molecule has 1 heterocycles. The van der Waals surface area contributed by atoms with Crippen molar-refractivity contribution < 1.29 is 41.4 Å². The van der Waals surface area contributed by atoms with Gasteiger partial charge in [0.1, 0.15) is 17.0 Å². The quantitative estimate of drug-likeness (QED) is 0.461. The smallest absolute Gasteiger partial charge is 0.419 e. The number of ether oxygens (including phenoxy) is 3. The summed E-state index contributed by atoms with van der Waals surface area (Å²) in [7, 11) is 2.64. The van der Waals surface area contributed by atoms with Gasteiger partial charge in [-0.3, -0.25) is 14.6 Å². The highest BCUT2D eigenvalue weighted by Crippen LogP contribution is 2.44. The number of aromatic nitrogens is 1. The molecule has 2 aromatic carbocycles. The summed E-state index contributed by atoms with van der Waals surface area (Å²) >= 11 is 0. The topological polar surface area (TPSA) is 113 Å². The summed E-state index contributed by atoms with van der Waals surface area (Å²) in [6, 6.07) is 6.69. The van der Waals surface area contributed by atoms with E-state index in [9.17, 15) is 22.8 Å². The first-order chi connectivity index (χ1) is 16.5. The van der Waals surface area contributed by atoms with E-state index < -0.39 is 40.7 Å². The first-order valence-electron chi connectivity index (χ1n) is 9.83. The second kappa shape index (κ2) is 9.87. The number of anilines is 1. The molecule has 3 N–H and O–H groups in total. The second-order valence-corrected chi connectivity index (χ2v) is 7.15. The standard InChI is InChI=1S/C23H19F4N3O5/c1-11-8-16(33-2)20(17(9-11)34-3)35-15-5-4-13(23(25,26)27)19(24)18(15)22(32)30-12-6-7-29-14(10-12)21(28)31/h4-10H,1-3H3,(H2,28,31)(H,29,30,32). The fourth-order valence-electron chi connectivity index (χ4n) is 3.13. The van der Waals surface area contributed by atoms with Crippen molar-refractivity contribution in [2.75, 3.05) is 19.5 Å². The molecule has 0 unspecified atom stereocenters. The first-order valence-corrected chi connectivity index (χ1v) is 9.83. The molecule has 0 saturated heterocycles. The van der Waals surface area contributed by atoms with E-state index in [0.29, 0.717) is 11.6 Å². The van der Waals surface area contributed by atoms with E-state index in [4.69, 9.17) is 19.9 Å². The van der Waals surface area contributed by atoms with Crippen molar-refractivity contribution in [2.24, 2.45) is 5.73 Å². The molecule has 0 radical (unpaired) electrons. The van der Waals surface area contributed by atoms with Crippen LogP contribution < -0.4 is 25.3 Å². The highest BCUT2D eigenvalue weighted by Gasteiger charge is 2.37. The van der Waals surface area contributed by atoms with Gasteiger partial charge in [0.15, 0.2) is 17.3 Å². The average Bonchev–Trinajstić information content (AvgIpc) is 2.79. The lowest BCUT2D eigenvalue weighted by atomic mass is 10.1. The number of carbonyl (C=O) groups is 2. The number of nitrogens with two attached hydrogens (primary N) is 1. The summed E-state index contributed by atoms with van der Waals surface area (Å²) in [6.07, 6.45) is -3.95. The average molecular weight is 493 g/mol. The number of benzene rings is 2. The normalized spacial score (nSPS) is 11.1. The number of pyridine rings is 1. The molecule has 0 aliphatic carbocycles. The third-order valence-corrected chi connectivity index (χ3v) is 4.72. The molecule has 0 fully saturated rings. The first kappa shape index (κ1) is 25.3. The van der Waals surface area contributed by atoms with E-state index in [1.54, 1.807) is 19.1 Å². The molecular formula is C23H19F4N3O5. The molecule has 0 saturated carbocycles. The fourth-order valence-corrected chi connectivity index (χ4v) is 3.13. The van der Waals surface area contributed by atoms with Crippen LogP contribution in [0.25, 0.3) is 0 Å². The molecule has 184 valence electrons. The van der Waals surface area contributed by atoms with Gasteiger partial charge in [-0.2, -0.15) is 13.2 Å². The van der Waals surface area contributed by atoms with Gasteiger partial charge in [0.05, 0.1) is 19.8 Å². The van der Waals surface area contributed by atoms with E-state index in [1.165, 1.54) is 20.3 Å². The van der Waals surface area contributed by atoms with Crippen molar-refractivity contribution in [3.8, 4) is 23.0 Å². The van der Waals surface area contributed by atoms with Gasteiger partial charge in [-0.1, -0.05) is 0 Å². The van der Waals surface area contributed by atoms with Gasteiger partial charge in [0, 0.05) is 11.9 Å². The summed E-state index contributed by atoms with van der Waals surface area (Å²) in [5.41, 5.74) is 2.86. The van der Waals surface area contributed by atoms with Gasteiger partial charge in [0.25, 0.3) is 11.8 Å². The van der Waals surface area contributed by atoms with E-state index in [2.05, 4.69) is 10.3 Å². The van der Waals surface area contributed by atoms with Crippen LogP contribution in [0, 0.1) is 12.7 Å². The van der Waals surface area contributed by atoms with Crippen molar-refractivity contribution in [3.05, 3.63) is 70.8 Å². The molecule has 3 aromatic rings. The van der Waals surface area contributed by atoms with Crippen LogP contribution in [0.5, 0.6) is 23.0 Å². The fraction of sp³-hybridized carbons (Fsp3) is 0.174. The molecular weight excluding hydrogens is 474 g/mol. The lowest BCUT2D eigenvalue weighted by molar-refractivity contribution is -0.140. The molecule has 0 aliphatic heterocycles. The van der Waals surface area contributed by atoms with Gasteiger partial charge in [0.2, 0.25) is 5.75 Å². The predicted molar refractivity (Wildman–Crippen MR) is 116 cm³/mol. The summed E-state index contributed by atoms with van der Waals surface area (Å²) in [5, 5.41) is 2.23. The molecule has 3 rings (SSSR count). The number of methoxy groups -OCH3 is 2. The lowest BCUT2D eigenvalue weighted by Gasteiger charge is -2.19. The van der Waals surface area contributed by atoms with Gasteiger partial charge in [-0.15, -0.1) is 0 Å². The molecule has 0 atom stereocenters. The minimum atomic E-state index is -5.09. The third-order valence-electron chi connectivity index (χ3n) is 4.72. The number of hydrogen-bond donors (Lipinski definition) is 2. The van der Waals surface area contributed by atoms with Crippen molar-refractivity contribution in [2.45, 2.75) is 13.1 Å². The second-order valence-electron chi connectivity index (χ2n) is 7.15. The molecule has 0 spiro atoms. The maximum Gasteiger partial charge on any atom is 0.419 e. The van der Waals surface area contributed by atoms with E-state index >= 15 is 4.39 Å². The van der Waals surface area contributed by atoms with Crippen LogP contribution in [-0.4, -0.2) is 31.0 Å². The minimum absolute atomic E-state index is 0.0629. The number of carbonyl (C=O) groups excluding carboxylic acids is 2. The highest BCUT2D eigenvalue weighted by atomic mass is 19.4. The van der Waals surface area contributed by atoms with Crippen LogP contribution in [0.15, 0.2) is 42.6 Å². The zero-order valence-corrected chi connectivity index (χ0v) is 18.6. The number of amides is 2. The molecule has 8 nitrogen and oxygen atoms in total. The lowest BCUT2D eigenvalue weighted by Crippen LogP contribution is -2.19. The van der Waals surface area contributed by atoms with E-state index in [0.717, 1.165) is 18.3 Å². The zero-order valence-electron chi connectivity index (χ0n) is 18.6. The Morgan fingerprint density at radius 3 is 2.17 bits per heavy atom. The number of nitrogens with one attached hydrogen (secondary N) is 1. The summed E-state index contributed by atoms with van der Waals surface area (Å²) < 4.78 is 71.5. The number of aryl methyl sites for hydroxylation is 1. The van der Waals surface area contributed by atoms with Crippen LogP contribution in [-0.2, 0) is 6.18 Å². The van der Waals surface area contributed by atoms with E-state index in [-0.39, 0.29) is 28.6 Å². The third kappa shape index (κ3) is 5.42. The molecule has 0 bridgehead atoms. The predicted octanol–water partition coefficient (Wildman–Crippen LogP) is 4.71. The zero-order chi connectivity index (χ0) is 25.9. The number of nitrogens with zero attached hydrogens (tertiary/aromatic N) is 1. The Hall–Kier alpha value is -4.35. The summed E-state index contributed by atoms with van der Waals surface area (Å²) in [4.78, 5) is 28.0. The number of rotatable bonds is 7. The molecule has 1 aromatic heterocycles. The Balaban J connectivity index is 2.14. The van der Waals surface area contributed by atoms with Crippen molar-refractivity contribution >= 4 is 17.5 Å². The molecule has 0 aliphatic rings. The Bertz CT molecular complexity index is 1270. The van der Waals surface area contributed by atoms with Gasteiger partial charge in [-0.05, 0) is 48.9 Å². The maximum absolute atomic E-state index is 15.1. The Kier molecular flexibility index (Phi) is 7.13. The number of halogens is 4. The molecule has 12 heteroatoms. The Labute approximate surface area is 196 Å². The van der Waals surface area contributed by atoms with Crippen LogP contribution in [0.2, 0.25) is 0 Å². The minimum Gasteiger partial charge on any atom is -0.493 e. The van der Waals surface area contributed by atoms with Crippen LogP contribution in [0.4, 0.5) is 23.2 Å². The molecule has 2 amide bonds. The number of hydrogen-bond acceptors (Lipinski definition) is 6. The maximum atomic E-state index is 15.1. The van der Waals surface area contributed by atoms with Crippen LogP contribution in [0.3, 0.4) is 0 Å². The van der Waals surface area contributed by atoms with E-state index in [1.807, 2.05) is 0 Å². The number of alkyl halides is 3. The van der Waals surface area contributed by atoms with Gasteiger partial charge >= 0.3 is 6.18 Å². The highest BCUT2D eigenvalue weighted by molar-refractivity contribution is 6.07. The van der Waals surface area contributed by atoms with Crippen LogP contribution in [0.1, 0.15) is 32.0 Å². The SMILES string of the molecule is COc1cc(C)cc(OC)c1Oc1ccc(C(F)(F)F)c(F)c1C(=O)Nc1ccnc(C(N)=O)c1. The summed E-state index contributed by atoms with van der Waals surface area (Å²) in [5.74, 6) is -4.42. The largest absolute Gasteiger partial charge is 0.493 e. The summed E-state index contributed by atoms with van der Waals surface area (Å²) in [6.45, 7) is 1.74. The monoisotopic (exact) mass is 493 g/mol. The van der Waals surface area contributed by atoms with Crippen molar-refractivity contribution in [3.63, 3.8) is 0 Å².